The second kappa shape index (κ2) is 11.8. The van der Waals surface area contributed by atoms with Gasteiger partial charge in [0, 0.05) is 18.2 Å². The normalized spacial score (nSPS) is 10.6. The fraction of sp³-hybridized carbons (Fsp3) is 0.261. The Bertz CT molecular complexity index is 1110. The number of benzene rings is 2. The third-order valence-corrected chi connectivity index (χ3v) is 5.58. The quantitative estimate of drug-likeness (QED) is 0.132. The van der Waals surface area contributed by atoms with Crippen molar-refractivity contribution in [2.24, 2.45) is 0 Å². The maximum atomic E-state index is 12.4. The van der Waals surface area contributed by atoms with Crippen molar-refractivity contribution in [2.45, 2.75) is 31.5 Å². The number of nitrogens with one attached hydrogen (secondary N) is 1. The molecule has 0 unspecified atom stereocenters. The van der Waals surface area contributed by atoms with Crippen LogP contribution in [0.2, 0.25) is 0 Å². The van der Waals surface area contributed by atoms with Gasteiger partial charge in [-0.25, -0.2) is 0 Å². The fourth-order valence-corrected chi connectivity index (χ4v) is 3.74. The zero-order chi connectivity index (χ0) is 23.6. The fourth-order valence-electron chi connectivity index (χ4n) is 2.99. The van der Waals surface area contributed by atoms with E-state index in [1.54, 1.807) is 18.2 Å². The lowest BCUT2D eigenvalue weighted by Crippen LogP contribution is -2.15. The molecule has 1 amide bonds. The molecular formula is C23H25N5O4S. The van der Waals surface area contributed by atoms with Crippen molar-refractivity contribution in [3.8, 4) is 17.1 Å². The van der Waals surface area contributed by atoms with Crippen molar-refractivity contribution in [1.29, 1.82) is 0 Å². The molecular weight excluding hydrogens is 442 g/mol. The van der Waals surface area contributed by atoms with Crippen LogP contribution in [0, 0.1) is 10.1 Å². The van der Waals surface area contributed by atoms with Crippen LogP contribution in [0.4, 0.5) is 11.4 Å². The predicted octanol–water partition coefficient (Wildman–Crippen LogP) is 4.95. The lowest BCUT2D eigenvalue weighted by atomic mass is 10.2. The van der Waals surface area contributed by atoms with Crippen LogP contribution in [0.3, 0.4) is 0 Å². The van der Waals surface area contributed by atoms with Crippen LogP contribution in [0.1, 0.15) is 19.8 Å². The number of nitro groups is 1. The van der Waals surface area contributed by atoms with E-state index in [0.29, 0.717) is 24.1 Å². The molecule has 0 saturated heterocycles. The highest BCUT2D eigenvalue weighted by Gasteiger charge is 2.18. The van der Waals surface area contributed by atoms with Crippen LogP contribution in [-0.4, -0.2) is 38.0 Å². The number of rotatable bonds is 12. The SMILES string of the molecule is C=CCn1c(SCC(=O)Nc2ccccc2[N+](=O)[O-])nnc1-c1ccc(OCCCC)cc1. The zero-order valence-electron chi connectivity index (χ0n) is 18.3. The van der Waals surface area contributed by atoms with E-state index in [1.165, 1.54) is 23.9 Å². The Kier molecular flexibility index (Phi) is 8.59. The number of carbonyl (C=O) groups is 1. The summed E-state index contributed by atoms with van der Waals surface area (Å²) in [5, 5.41) is 22.8. The number of amides is 1. The van der Waals surface area contributed by atoms with Crippen LogP contribution in [-0.2, 0) is 11.3 Å². The molecule has 10 heteroatoms. The summed E-state index contributed by atoms with van der Waals surface area (Å²) in [6.07, 6.45) is 3.80. The molecule has 3 rings (SSSR count). The zero-order valence-corrected chi connectivity index (χ0v) is 19.1. The van der Waals surface area contributed by atoms with Gasteiger partial charge in [0.1, 0.15) is 11.4 Å². The lowest BCUT2D eigenvalue weighted by molar-refractivity contribution is -0.383. The van der Waals surface area contributed by atoms with Gasteiger partial charge in [-0.05, 0) is 36.8 Å². The first-order chi connectivity index (χ1) is 16.0. The van der Waals surface area contributed by atoms with Crippen molar-refractivity contribution in [3.63, 3.8) is 0 Å². The number of hydrogen-bond acceptors (Lipinski definition) is 7. The first kappa shape index (κ1) is 24.0. The largest absolute Gasteiger partial charge is 0.494 e. The van der Waals surface area contributed by atoms with Gasteiger partial charge in [-0.15, -0.1) is 16.8 Å². The number of para-hydroxylation sites is 2. The van der Waals surface area contributed by atoms with E-state index in [9.17, 15) is 14.9 Å². The lowest BCUT2D eigenvalue weighted by Gasteiger charge is -2.09. The van der Waals surface area contributed by atoms with Gasteiger partial charge in [-0.2, -0.15) is 0 Å². The molecule has 33 heavy (non-hydrogen) atoms. The molecule has 2 aromatic carbocycles. The number of thioether (sulfide) groups is 1. The molecule has 0 aliphatic rings. The van der Waals surface area contributed by atoms with E-state index < -0.39 is 4.92 Å². The Balaban J connectivity index is 1.69. The number of allylic oxidation sites excluding steroid dienone is 1. The summed E-state index contributed by atoms with van der Waals surface area (Å²) < 4.78 is 7.57. The molecule has 0 fully saturated rings. The van der Waals surface area contributed by atoms with E-state index in [2.05, 4.69) is 29.0 Å². The Labute approximate surface area is 196 Å². The van der Waals surface area contributed by atoms with Crippen molar-refractivity contribution in [1.82, 2.24) is 14.8 Å². The molecule has 0 spiro atoms. The van der Waals surface area contributed by atoms with E-state index in [1.807, 2.05) is 28.8 Å². The molecule has 0 radical (unpaired) electrons. The third kappa shape index (κ3) is 6.42. The number of anilines is 1. The maximum Gasteiger partial charge on any atom is 0.292 e. The topological polar surface area (TPSA) is 112 Å². The van der Waals surface area contributed by atoms with Gasteiger partial charge in [0.2, 0.25) is 5.91 Å². The van der Waals surface area contributed by atoms with Crippen molar-refractivity contribution < 1.29 is 14.5 Å². The molecule has 1 N–H and O–H groups in total. The van der Waals surface area contributed by atoms with Crippen molar-refractivity contribution in [3.05, 3.63) is 71.3 Å². The maximum absolute atomic E-state index is 12.4. The number of nitro benzene ring substituents is 1. The summed E-state index contributed by atoms with van der Waals surface area (Å²) >= 11 is 1.20. The van der Waals surface area contributed by atoms with E-state index in [-0.39, 0.29) is 23.0 Å². The number of aromatic nitrogens is 3. The first-order valence-corrected chi connectivity index (χ1v) is 11.5. The minimum absolute atomic E-state index is 0.0194. The number of ether oxygens (including phenoxy) is 1. The highest BCUT2D eigenvalue weighted by atomic mass is 32.2. The van der Waals surface area contributed by atoms with Crippen LogP contribution in [0.5, 0.6) is 5.75 Å². The average Bonchev–Trinajstić information content (AvgIpc) is 3.21. The van der Waals surface area contributed by atoms with Gasteiger partial charge in [0.05, 0.1) is 17.3 Å². The summed E-state index contributed by atoms with van der Waals surface area (Å²) in [5.74, 6) is 1.09. The number of hydrogen-bond donors (Lipinski definition) is 1. The minimum Gasteiger partial charge on any atom is -0.494 e. The second-order valence-electron chi connectivity index (χ2n) is 7.04. The summed E-state index contributed by atoms with van der Waals surface area (Å²) in [6.45, 7) is 7.05. The molecule has 172 valence electrons. The Morgan fingerprint density at radius 3 is 2.70 bits per heavy atom. The number of carbonyl (C=O) groups excluding carboxylic acids is 1. The minimum atomic E-state index is -0.532. The smallest absolute Gasteiger partial charge is 0.292 e. The number of unbranched alkanes of at least 4 members (excludes halogenated alkanes) is 1. The summed E-state index contributed by atoms with van der Waals surface area (Å²) in [5.41, 5.74) is 0.862. The Morgan fingerprint density at radius 2 is 2.00 bits per heavy atom. The number of nitrogens with zero attached hydrogens (tertiary/aromatic N) is 4. The molecule has 3 aromatic rings. The van der Waals surface area contributed by atoms with Gasteiger partial charge < -0.3 is 10.1 Å². The standard InChI is InChI=1S/C23H25N5O4S/c1-3-5-15-32-18-12-10-17(11-13-18)22-25-26-23(27(22)14-4-2)33-16-21(29)24-19-8-6-7-9-20(19)28(30)31/h4,6-13H,2-3,5,14-16H2,1H3,(H,24,29). The summed E-state index contributed by atoms with van der Waals surface area (Å²) in [4.78, 5) is 23.0. The molecule has 9 nitrogen and oxygen atoms in total. The van der Waals surface area contributed by atoms with Crippen molar-refractivity contribution >= 4 is 29.0 Å². The molecule has 0 saturated carbocycles. The highest BCUT2D eigenvalue weighted by Crippen LogP contribution is 2.27. The summed E-state index contributed by atoms with van der Waals surface area (Å²) in [7, 11) is 0. The molecule has 0 aliphatic heterocycles. The molecule has 0 bridgehead atoms. The van der Waals surface area contributed by atoms with Gasteiger partial charge in [-0.3, -0.25) is 19.5 Å². The van der Waals surface area contributed by atoms with Crippen LogP contribution < -0.4 is 10.1 Å². The van der Waals surface area contributed by atoms with Gasteiger partial charge in [-0.1, -0.05) is 43.3 Å². The Morgan fingerprint density at radius 1 is 1.24 bits per heavy atom. The highest BCUT2D eigenvalue weighted by molar-refractivity contribution is 7.99. The predicted molar refractivity (Wildman–Crippen MR) is 129 cm³/mol. The monoisotopic (exact) mass is 467 g/mol. The molecule has 1 aromatic heterocycles. The molecule has 1 heterocycles. The Hall–Kier alpha value is -3.66. The summed E-state index contributed by atoms with van der Waals surface area (Å²) in [6, 6.07) is 13.6. The van der Waals surface area contributed by atoms with E-state index in [0.717, 1.165) is 24.2 Å². The van der Waals surface area contributed by atoms with Crippen LogP contribution >= 0.6 is 11.8 Å². The van der Waals surface area contributed by atoms with E-state index in [4.69, 9.17) is 4.74 Å². The third-order valence-electron chi connectivity index (χ3n) is 4.61. The first-order valence-electron chi connectivity index (χ1n) is 10.5. The van der Waals surface area contributed by atoms with Gasteiger partial charge in [0.25, 0.3) is 5.69 Å². The van der Waals surface area contributed by atoms with Crippen LogP contribution in [0.25, 0.3) is 11.4 Å². The second-order valence-corrected chi connectivity index (χ2v) is 7.99. The van der Waals surface area contributed by atoms with Gasteiger partial charge in [0.15, 0.2) is 11.0 Å². The average molecular weight is 468 g/mol. The molecule has 0 aliphatic carbocycles. The van der Waals surface area contributed by atoms with Gasteiger partial charge >= 0.3 is 0 Å². The van der Waals surface area contributed by atoms with E-state index >= 15 is 0 Å². The van der Waals surface area contributed by atoms with Crippen LogP contribution in [0.15, 0.2) is 66.3 Å². The molecule has 0 atom stereocenters. The van der Waals surface area contributed by atoms with Crippen molar-refractivity contribution in [2.75, 3.05) is 17.7 Å².